The third-order valence-electron chi connectivity index (χ3n) is 16.4. The van der Waals surface area contributed by atoms with E-state index < -0.39 is 138 Å². The molecule has 0 saturated heterocycles. The van der Waals surface area contributed by atoms with E-state index in [0.717, 1.165) is 27.1 Å². The fourth-order valence-electron chi connectivity index (χ4n) is 11.0. The van der Waals surface area contributed by atoms with Crippen molar-refractivity contribution in [2.45, 2.75) is 222 Å². The maximum absolute atomic E-state index is 15.2. The van der Waals surface area contributed by atoms with E-state index in [2.05, 4.69) is 21.3 Å². The van der Waals surface area contributed by atoms with Gasteiger partial charge in [0.2, 0.25) is 58.3 Å². The van der Waals surface area contributed by atoms with Gasteiger partial charge in [-0.15, -0.1) is 0 Å². The number of nitrogens with zero attached hydrogens (tertiary/aromatic N) is 6. The molecule has 22 nitrogen and oxygen atoms in total. The molecule has 11 atom stereocenters. The molecule has 516 valence electrons. The van der Waals surface area contributed by atoms with E-state index in [-0.39, 0.29) is 54.0 Å². The van der Waals surface area contributed by atoms with Gasteiger partial charge in [0, 0.05) is 55.0 Å². The number of allylic oxidation sites excluding steroid dienone is 2. The minimum absolute atomic E-state index is 0.0126. The Morgan fingerprint density at radius 3 is 1.51 bits per heavy atom. The summed E-state index contributed by atoms with van der Waals surface area (Å²) < 4.78 is 5.93. The Labute approximate surface area is 549 Å². The Bertz CT molecular complexity index is 2580. The summed E-state index contributed by atoms with van der Waals surface area (Å²) in [6.07, 6.45) is 3.94. The number of benzene rings is 1. The van der Waals surface area contributed by atoms with E-state index in [9.17, 15) is 43.2 Å². The van der Waals surface area contributed by atoms with Crippen LogP contribution in [0.1, 0.15) is 162 Å². The number of hydrogen-bond acceptors (Lipinski definition) is 14. The summed E-state index contributed by atoms with van der Waals surface area (Å²) in [5.41, 5.74) is 0.955. The van der Waals surface area contributed by atoms with E-state index in [1.807, 2.05) is 98.7 Å². The van der Waals surface area contributed by atoms with Gasteiger partial charge < -0.3 is 55.4 Å². The highest BCUT2D eigenvalue weighted by Crippen LogP contribution is 2.27. The van der Waals surface area contributed by atoms with Crippen LogP contribution in [0.25, 0.3) is 0 Å². The number of rotatable bonds is 38. The molecular weight excluding hydrogens is 1180 g/mol. The molecule has 0 spiro atoms. The zero-order valence-electron chi connectivity index (χ0n) is 59.5. The molecule has 0 heterocycles. The zero-order valence-corrected chi connectivity index (χ0v) is 60.3. The molecule has 0 fully saturated rings. The van der Waals surface area contributed by atoms with Gasteiger partial charge in [-0.05, 0) is 106 Å². The number of amides is 9. The summed E-state index contributed by atoms with van der Waals surface area (Å²) in [5, 5.41) is 11.3. The number of nitrogens with one attached hydrogen (secondary N) is 4. The fraction of sp³-hybridized carbons (Fsp3) is 0.721. The SMILES string of the molecule is C/C=C/C[C@@H](C)[C@@H](OC(C)=O)[C@@H](C(=O)N[C@@H](CC)C(=O)N(C)CC(=O)N(C)[C@@H](CC(C)C)C(=O)N[C@H](C(=O)N(C)[C@@H](CC(C)C)C(=O)N[C@@H](C)C(=O)SCc1ccccc1)C(C)C)N(C)C(=O)[C@H](C(C)C)N(C)C(=O)[C@H](CC(C)C)N(C)C(=O)[C@H](CC(C)C)NC. The monoisotopic (exact) mass is 1300 g/mol. The van der Waals surface area contributed by atoms with Gasteiger partial charge in [0.25, 0.3) is 0 Å². The Hall–Kier alpha value is -6.36. The van der Waals surface area contributed by atoms with Gasteiger partial charge in [-0.2, -0.15) is 0 Å². The fourth-order valence-corrected chi connectivity index (χ4v) is 11.8. The topological polar surface area (TPSA) is 265 Å². The highest BCUT2D eigenvalue weighted by atomic mass is 32.2. The number of carbonyl (C=O) groups excluding carboxylic acids is 11. The number of ether oxygens (including phenoxy) is 1. The first-order valence-corrected chi connectivity index (χ1v) is 33.4. The third kappa shape index (κ3) is 25.9. The predicted molar refractivity (Wildman–Crippen MR) is 359 cm³/mol. The molecule has 91 heavy (non-hydrogen) atoms. The average molecular weight is 1300 g/mol. The lowest BCUT2D eigenvalue weighted by atomic mass is 9.91. The lowest BCUT2D eigenvalue weighted by Crippen LogP contribution is -2.64. The molecule has 0 aromatic heterocycles. The van der Waals surface area contributed by atoms with Crippen molar-refractivity contribution >= 4 is 76.0 Å². The molecule has 1 aromatic carbocycles. The number of esters is 1. The summed E-state index contributed by atoms with van der Waals surface area (Å²) in [6, 6.07) is -0.202. The van der Waals surface area contributed by atoms with Crippen LogP contribution in [0.4, 0.5) is 0 Å². The molecule has 0 aliphatic heterocycles. The molecule has 0 aliphatic carbocycles. The van der Waals surface area contributed by atoms with Crippen molar-refractivity contribution < 1.29 is 57.5 Å². The van der Waals surface area contributed by atoms with Crippen molar-refractivity contribution in [2.24, 2.45) is 41.4 Å². The van der Waals surface area contributed by atoms with Crippen LogP contribution in [0.2, 0.25) is 0 Å². The summed E-state index contributed by atoms with van der Waals surface area (Å²) in [5.74, 6) is -7.23. The van der Waals surface area contributed by atoms with E-state index in [0.29, 0.717) is 25.0 Å². The Morgan fingerprint density at radius 1 is 0.538 bits per heavy atom. The Balaban J connectivity index is 3.67. The molecule has 0 bridgehead atoms. The first kappa shape index (κ1) is 82.7. The van der Waals surface area contributed by atoms with Crippen molar-refractivity contribution in [3.05, 3.63) is 48.0 Å². The molecule has 0 aliphatic rings. The van der Waals surface area contributed by atoms with Crippen LogP contribution in [0.15, 0.2) is 42.5 Å². The standard InChI is InChI=1S/C68H116N10O12S/c1-25-27-31-46(15)59(90-48(17)79)58(78(24)67(88)57(45(13)14)77(23)65(86)54(37-43(9)10)76(22)64(85)51(69-18)34-40(3)4)62(83)71-50(26-2)63(84)73(19)38-55(80)74(20)52(35-41(5)6)61(82)72-56(44(11)12)66(87)75(21)53(36-42(7)8)60(81)70-47(16)68(89)91-39-49-32-29-28-30-33-49/h25,27-30,32-33,40-47,50-54,56-59,69H,26,31,34-39H2,1-24H3,(H,70,81)(H,71,83)(H,72,82)/b27-25+/t46-,47+,50+,51+,52+,53+,54+,56+,57+,58+,59-/m1/s1. The van der Waals surface area contributed by atoms with Crippen molar-refractivity contribution in [3.63, 3.8) is 0 Å². The normalized spacial score (nSPS) is 15.4. The van der Waals surface area contributed by atoms with Crippen LogP contribution in [-0.2, 0) is 63.2 Å². The Morgan fingerprint density at radius 2 is 1.03 bits per heavy atom. The molecule has 23 heteroatoms. The minimum atomic E-state index is -1.56. The molecule has 4 N–H and O–H groups in total. The second-order valence-electron chi connectivity index (χ2n) is 26.9. The number of likely N-dealkylation sites (N-methyl/N-ethyl adjacent to an activating group) is 7. The van der Waals surface area contributed by atoms with Gasteiger partial charge in [-0.25, -0.2) is 0 Å². The lowest BCUT2D eigenvalue weighted by molar-refractivity contribution is -0.164. The van der Waals surface area contributed by atoms with Crippen LogP contribution in [0.5, 0.6) is 0 Å². The van der Waals surface area contributed by atoms with Crippen molar-refractivity contribution in [3.8, 4) is 0 Å². The lowest BCUT2D eigenvalue weighted by Gasteiger charge is -2.41. The maximum Gasteiger partial charge on any atom is 0.303 e. The highest BCUT2D eigenvalue weighted by molar-refractivity contribution is 8.13. The molecule has 9 amide bonds. The number of carbonyl (C=O) groups is 11. The summed E-state index contributed by atoms with van der Waals surface area (Å²) in [4.78, 5) is 165. The maximum atomic E-state index is 15.2. The van der Waals surface area contributed by atoms with Crippen molar-refractivity contribution in [1.82, 2.24) is 50.7 Å². The van der Waals surface area contributed by atoms with E-state index in [1.165, 1.54) is 61.8 Å². The second-order valence-corrected chi connectivity index (χ2v) is 27.9. The van der Waals surface area contributed by atoms with Crippen molar-refractivity contribution in [2.75, 3.05) is 55.9 Å². The van der Waals surface area contributed by atoms with Gasteiger partial charge in [0.05, 0.1) is 18.6 Å². The molecule has 0 saturated carbocycles. The van der Waals surface area contributed by atoms with Gasteiger partial charge in [-0.3, -0.25) is 52.7 Å². The quantitative estimate of drug-likeness (QED) is 0.0405. The second kappa shape index (κ2) is 39.9. The van der Waals surface area contributed by atoms with E-state index in [4.69, 9.17) is 4.74 Å². The molecule has 0 unspecified atom stereocenters. The first-order valence-electron chi connectivity index (χ1n) is 32.5. The van der Waals surface area contributed by atoms with Gasteiger partial charge in [0.15, 0.2) is 0 Å². The van der Waals surface area contributed by atoms with Gasteiger partial charge in [0.1, 0.15) is 48.4 Å². The minimum Gasteiger partial charge on any atom is -0.459 e. The van der Waals surface area contributed by atoms with Crippen LogP contribution in [0, 0.1) is 41.4 Å². The van der Waals surface area contributed by atoms with Crippen molar-refractivity contribution in [1.29, 1.82) is 0 Å². The average Bonchev–Trinajstić information content (AvgIpc) is 0.975. The van der Waals surface area contributed by atoms with Crippen LogP contribution < -0.4 is 21.3 Å². The van der Waals surface area contributed by atoms with Gasteiger partial charge in [-0.1, -0.05) is 151 Å². The van der Waals surface area contributed by atoms with E-state index >= 15 is 9.59 Å². The number of thioether (sulfide) groups is 1. The first-order chi connectivity index (χ1) is 42.3. The third-order valence-corrected chi connectivity index (χ3v) is 17.5. The van der Waals surface area contributed by atoms with Crippen LogP contribution in [0.3, 0.4) is 0 Å². The molecular formula is C68H116N10O12S. The van der Waals surface area contributed by atoms with Gasteiger partial charge >= 0.3 is 5.97 Å². The smallest absolute Gasteiger partial charge is 0.303 e. The molecule has 1 rings (SSSR count). The highest BCUT2D eigenvalue weighted by Gasteiger charge is 2.46. The summed E-state index contributed by atoms with van der Waals surface area (Å²) in [7, 11) is 10.5. The summed E-state index contributed by atoms with van der Waals surface area (Å²) >= 11 is 1.08. The van der Waals surface area contributed by atoms with Crippen LogP contribution >= 0.6 is 11.8 Å². The number of hydrogen-bond donors (Lipinski definition) is 4. The van der Waals surface area contributed by atoms with E-state index in [1.54, 1.807) is 68.6 Å². The largest absolute Gasteiger partial charge is 0.459 e. The molecule has 0 radical (unpaired) electrons. The van der Waals surface area contributed by atoms with Crippen LogP contribution in [-0.4, -0.2) is 210 Å². The zero-order chi connectivity index (χ0) is 70.1. The molecule has 1 aromatic rings. The Kier molecular flexibility index (Phi) is 36.2. The predicted octanol–water partition coefficient (Wildman–Crippen LogP) is 6.54. The summed E-state index contributed by atoms with van der Waals surface area (Å²) in [6.45, 7) is 29.9.